The molecule has 3 aromatic rings. The van der Waals surface area contributed by atoms with Crippen LogP contribution in [0.4, 0.5) is 5.82 Å². The molecular weight excluding hydrogens is 424 g/mol. The molecule has 0 bridgehead atoms. The number of anilines is 1. The van der Waals surface area contributed by atoms with Crippen molar-refractivity contribution in [3.8, 4) is 5.75 Å². The van der Waals surface area contributed by atoms with Crippen molar-refractivity contribution in [2.24, 2.45) is 0 Å². The van der Waals surface area contributed by atoms with Crippen LogP contribution in [0.1, 0.15) is 67.2 Å². The second kappa shape index (κ2) is 9.42. The molecule has 170 valence electrons. The molecule has 0 saturated heterocycles. The first-order valence-electron chi connectivity index (χ1n) is 11.1. The van der Waals surface area contributed by atoms with E-state index in [1.165, 1.54) is 10.4 Å². The number of nitrogens with zero attached hydrogens (tertiary/aromatic N) is 2. The number of ether oxygens (including phenoxy) is 2. The number of rotatable bonds is 8. The van der Waals surface area contributed by atoms with Crippen molar-refractivity contribution in [3.05, 3.63) is 46.1 Å². The standard InChI is InChI=1S/C24H30N4O3S/c1-5-7-12-30-16-10-8-15(9-11-16)22(29)28-27-21-20-17-13-24(3,4)31-14-18(17)32-23(20)26-19(6-2)25-21/h8-11H,5-7,12-14H2,1-4H3,(H,28,29)(H,25,26,27). The van der Waals surface area contributed by atoms with E-state index in [9.17, 15) is 4.79 Å². The van der Waals surface area contributed by atoms with E-state index in [4.69, 9.17) is 14.5 Å². The van der Waals surface area contributed by atoms with Gasteiger partial charge in [-0.25, -0.2) is 9.97 Å². The smallest absolute Gasteiger partial charge is 0.269 e. The summed E-state index contributed by atoms with van der Waals surface area (Å²) in [5.74, 6) is 1.90. The van der Waals surface area contributed by atoms with Crippen LogP contribution in [0.15, 0.2) is 24.3 Å². The Kier molecular flexibility index (Phi) is 6.62. The highest BCUT2D eigenvalue weighted by Crippen LogP contribution is 2.40. The van der Waals surface area contributed by atoms with Gasteiger partial charge < -0.3 is 9.47 Å². The number of thiophene rings is 1. The zero-order valence-electron chi connectivity index (χ0n) is 19.1. The number of hydrogen-bond acceptors (Lipinski definition) is 7. The molecule has 0 saturated carbocycles. The number of aryl methyl sites for hydroxylation is 1. The molecule has 32 heavy (non-hydrogen) atoms. The van der Waals surface area contributed by atoms with Crippen molar-refractivity contribution in [3.63, 3.8) is 0 Å². The number of carbonyl (C=O) groups excluding carboxylic acids is 1. The van der Waals surface area contributed by atoms with Gasteiger partial charge >= 0.3 is 0 Å². The number of amides is 1. The maximum absolute atomic E-state index is 12.7. The molecular formula is C24H30N4O3S. The van der Waals surface area contributed by atoms with Gasteiger partial charge in [0.15, 0.2) is 5.82 Å². The van der Waals surface area contributed by atoms with Crippen LogP contribution < -0.4 is 15.6 Å². The van der Waals surface area contributed by atoms with Gasteiger partial charge in [0.25, 0.3) is 5.91 Å². The topological polar surface area (TPSA) is 85.4 Å². The number of fused-ring (bicyclic) bond motifs is 3. The van der Waals surface area contributed by atoms with Gasteiger partial charge in [0.05, 0.1) is 24.2 Å². The van der Waals surface area contributed by atoms with Gasteiger partial charge in [-0.3, -0.25) is 15.6 Å². The fourth-order valence-electron chi connectivity index (χ4n) is 3.66. The van der Waals surface area contributed by atoms with E-state index in [0.29, 0.717) is 31.0 Å². The molecule has 0 atom stereocenters. The molecule has 1 aromatic carbocycles. The number of aromatic nitrogens is 2. The SMILES string of the molecule is CCCCOc1ccc(C(=O)NNc2nc(CC)nc3sc4c(c23)CC(C)(C)OC4)cc1. The summed E-state index contributed by atoms with van der Waals surface area (Å²) in [4.78, 5) is 24.2. The number of hydrazine groups is 1. The zero-order chi connectivity index (χ0) is 22.7. The van der Waals surface area contributed by atoms with Crippen LogP contribution >= 0.6 is 11.3 Å². The second-order valence-corrected chi connectivity index (χ2v) is 9.64. The molecule has 7 nitrogen and oxygen atoms in total. The van der Waals surface area contributed by atoms with E-state index < -0.39 is 0 Å². The molecule has 0 spiro atoms. The lowest BCUT2D eigenvalue weighted by molar-refractivity contribution is -0.0379. The van der Waals surface area contributed by atoms with Crippen molar-refractivity contribution in [2.75, 3.05) is 12.0 Å². The molecule has 2 aromatic heterocycles. The molecule has 1 amide bonds. The Balaban J connectivity index is 1.53. The summed E-state index contributed by atoms with van der Waals surface area (Å²) < 4.78 is 11.6. The predicted molar refractivity (Wildman–Crippen MR) is 127 cm³/mol. The van der Waals surface area contributed by atoms with E-state index in [0.717, 1.165) is 41.1 Å². The highest BCUT2D eigenvalue weighted by molar-refractivity contribution is 7.19. The summed E-state index contributed by atoms with van der Waals surface area (Å²) in [5, 5.41) is 0.971. The normalized spacial score (nSPS) is 14.8. The van der Waals surface area contributed by atoms with E-state index in [2.05, 4.69) is 36.6 Å². The highest BCUT2D eigenvalue weighted by Gasteiger charge is 2.31. The Labute approximate surface area is 192 Å². The third-order valence-corrected chi connectivity index (χ3v) is 6.57. The number of unbranched alkanes of at least 4 members (excludes halogenated alkanes) is 1. The minimum absolute atomic E-state index is 0.234. The first-order valence-corrected chi connectivity index (χ1v) is 12.0. The molecule has 0 unspecified atom stereocenters. The van der Waals surface area contributed by atoms with Crippen molar-refractivity contribution in [2.45, 2.75) is 65.6 Å². The zero-order valence-corrected chi connectivity index (χ0v) is 19.9. The molecule has 8 heteroatoms. The second-order valence-electron chi connectivity index (χ2n) is 8.56. The van der Waals surface area contributed by atoms with Crippen LogP contribution in [0.5, 0.6) is 5.75 Å². The molecule has 2 N–H and O–H groups in total. The predicted octanol–water partition coefficient (Wildman–Crippen LogP) is 5.04. The molecule has 1 aliphatic heterocycles. The third-order valence-electron chi connectivity index (χ3n) is 5.47. The lowest BCUT2D eigenvalue weighted by Gasteiger charge is -2.30. The number of hydrogen-bond donors (Lipinski definition) is 2. The fourth-order valence-corrected chi connectivity index (χ4v) is 4.78. The number of carbonyl (C=O) groups is 1. The van der Waals surface area contributed by atoms with Crippen molar-refractivity contribution in [1.29, 1.82) is 0 Å². The first-order chi connectivity index (χ1) is 15.4. The minimum Gasteiger partial charge on any atom is -0.494 e. The first kappa shape index (κ1) is 22.5. The average Bonchev–Trinajstić information content (AvgIpc) is 3.14. The summed E-state index contributed by atoms with van der Waals surface area (Å²) in [6.45, 7) is 9.58. The summed E-state index contributed by atoms with van der Waals surface area (Å²) in [5.41, 5.74) is 7.37. The fraction of sp³-hybridized carbons (Fsp3) is 0.458. The number of benzene rings is 1. The van der Waals surface area contributed by atoms with Crippen molar-refractivity contribution >= 4 is 33.3 Å². The van der Waals surface area contributed by atoms with Gasteiger partial charge in [0.1, 0.15) is 16.4 Å². The molecule has 0 fully saturated rings. The van der Waals surface area contributed by atoms with Crippen molar-refractivity contribution in [1.82, 2.24) is 15.4 Å². The van der Waals surface area contributed by atoms with E-state index >= 15 is 0 Å². The summed E-state index contributed by atoms with van der Waals surface area (Å²) in [7, 11) is 0. The lowest BCUT2D eigenvalue weighted by Crippen LogP contribution is -2.32. The molecule has 1 aliphatic rings. The van der Waals surface area contributed by atoms with Gasteiger partial charge in [0, 0.05) is 23.3 Å². The molecule has 4 rings (SSSR count). The Morgan fingerprint density at radius 1 is 1.22 bits per heavy atom. The monoisotopic (exact) mass is 454 g/mol. The van der Waals surface area contributed by atoms with E-state index in [-0.39, 0.29) is 11.5 Å². The lowest BCUT2D eigenvalue weighted by atomic mass is 9.94. The number of nitrogens with one attached hydrogen (secondary N) is 2. The van der Waals surface area contributed by atoms with Gasteiger partial charge in [-0.1, -0.05) is 20.3 Å². The Morgan fingerprint density at radius 2 is 2.00 bits per heavy atom. The van der Waals surface area contributed by atoms with E-state index in [1.54, 1.807) is 23.5 Å². The van der Waals surface area contributed by atoms with Crippen LogP contribution in [0.2, 0.25) is 0 Å². The molecule has 0 radical (unpaired) electrons. The largest absolute Gasteiger partial charge is 0.494 e. The Bertz CT molecular complexity index is 1110. The van der Waals surface area contributed by atoms with Crippen LogP contribution in [0.3, 0.4) is 0 Å². The van der Waals surface area contributed by atoms with Gasteiger partial charge in [-0.2, -0.15) is 0 Å². The van der Waals surface area contributed by atoms with Gasteiger partial charge in [0.2, 0.25) is 0 Å². The molecule has 0 aliphatic carbocycles. The average molecular weight is 455 g/mol. The molecule has 3 heterocycles. The van der Waals surface area contributed by atoms with Crippen molar-refractivity contribution < 1.29 is 14.3 Å². The van der Waals surface area contributed by atoms with Crippen LogP contribution in [0.25, 0.3) is 10.2 Å². The summed E-state index contributed by atoms with van der Waals surface area (Å²) in [6.07, 6.45) is 3.58. The van der Waals surface area contributed by atoms with Crippen LogP contribution in [-0.4, -0.2) is 28.1 Å². The maximum Gasteiger partial charge on any atom is 0.269 e. The summed E-state index contributed by atoms with van der Waals surface area (Å²) >= 11 is 1.64. The van der Waals surface area contributed by atoms with Gasteiger partial charge in [-0.05, 0) is 50.1 Å². The van der Waals surface area contributed by atoms with Gasteiger partial charge in [-0.15, -0.1) is 11.3 Å². The van der Waals surface area contributed by atoms with Crippen LogP contribution in [-0.2, 0) is 24.2 Å². The Morgan fingerprint density at radius 3 is 2.72 bits per heavy atom. The minimum atomic E-state index is -0.244. The van der Waals surface area contributed by atoms with E-state index in [1.807, 2.05) is 19.1 Å². The quantitative estimate of drug-likeness (QED) is 0.366. The highest BCUT2D eigenvalue weighted by atomic mass is 32.1. The Hall–Kier alpha value is -2.71. The summed E-state index contributed by atoms with van der Waals surface area (Å²) in [6, 6.07) is 7.16. The third kappa shape index (κ3) is 4.86. The van der Waals surface area contributed by atoms with Crippen LogP contribution in [0, 0.1) is 0 Å². The maximum atomic E-state index is 12.7.